The summed E-state index contributed by atoms with van der Waals surface area (Å²) in [5.41, 5.74) is 5.55. The number of carbonyl (C=O) groups excluding carboxylic acids is 1. The van der Waals surface area contributed by atoms with Crippen molar-refractivity contribution in [1.82, 2.24) is 5.32 Å². The predicted molar refractivity (Wildman–Crippen MR) is 137 cm³/mol. The maximum Gasteiger partial charge on any atom is 0.252 e. The Morgan fingerprint density at radius 1 is 1.06 bits per heavy atom. The molecule has 4 heteroatoms. The summed E-state index contributed by atoms with van der Waals surface area (Å²) in [5.74, 6) is 1.04. The zero-order valence-electron chi connectivity index (χ0n) is 20.6. The number of ether oxygens (including phenoxy) is 1. The van der Waals surface area contributed by atoms with E-state index in [2.05, 4.69) is 57.3 Å². The van der Waals surface area contributed by atoms with Crippen molar-refractivity contribution in [2.24, 2.45) is 5.92 Å². The van der Waals surface area contributed by atoms with E-state index in [1.807, 2.05) is 30.3 Å². The van der Waals surface area contributed by atoms with Gasteiger partial charge in [0.1, 0.15) is 12.4 Å². The molecule has 4 nitrogen and oxygen atoms in total. The van der Waals surface area contributed by atoms with Crippen LogP contribution in [-0.4, -0.2) is 5.91 Å². The van der Waals surface area contributed by atoms with Gasteiger partial charge in [-0.2, -0.15) is 5.26 Å². The van der Waals surface area contributed by atoms with Gasteiger partial charge >= 0.3 is 0 Å². The zero-order valence-corrected chi connectivity index (χ0v) is 20.6. The van der Waals surface area contributed by atoms with Gasteiger partial charge in [0.2, 0.25) is 0 Å². The first-order chi connectivity index (χ1) is 16.4. The van der Waals surface area contributed by atoms with Gasteiger partial charge in [0.25, 0.3) is 5.91 Å². The fourth-order valence-electron chi connectivity index (χ4n) is 4.11. The van der Waals surface area contributed by atoms with Crippen LogP contribution in [0.3, 0.4) is 0 Å². The van der Waals surface area contributed by atoms with Crippen molar-refractivity contribution < 1.29 is 9.53 Å². The molecule has 0 saturated carbocycles. The summed E-state index contributed by atoms with van der Waals surface area (Å²) in [6.45, 7) is 8.88. The number of amides is 1. The number of hydrogen-bond acceptors (Lipinski definition) is 3. The highest BCUT2D eigenvalue weighted by molar-refractivity contribution is 5.96. The van der Waals surface area contributed by atoms with E-state index in [9.17, 15) is 4.79 Å². The second-order valence-electron chi connectivity index (χ2n) is 9.24. The maximum atomic E-state index is 13.5. The van der Waals surface area contributed by atoms with Crippen LogP contribution >= 0.6 is 0 Å². The average molecular weight is 455 g/mol. The van der Waals surface area contributed by atoms with Crippen molar-refractivity contribution in [3.8, 4) is 11.8 Å². The van der Waals surface area contributed by atoms with Crippen LogP contribution in [-0.2, 0) is 13.0 Å². The van der Waals surface area contributed by atoms with Gasteiger partial charge in [-0.05, 0) is 66.6 Å². The summed E-state index contributed by atoms with van der Waals surface area (Å²) in [6.07, 6.45) is 2.67. The van der Waals surface area contributed by atoms with Gasteiger partial charge in [0.15, 0.2) is 0 Å². The van der Waals surface area contributed by atoms with E-state index < -0.39 is 0 Å². The van der Waals surface area contributed by atoms with Crippen molar-refractivity contribution in [2.45, 2.75) is 59.6 Å². The highest BCUT2D eigenvalue weighted by Gasteiger charge is 2.20. The highest BCUT2D eigenvalue weighted by atomic mass is 16.5. The van der Waals surface area contributed by atoms with Gasteiger partial charge in [0, 0.05) is 5.56 Å². The number of rotatable bonds is 10. The maximum absolute atomic E-state index is 13.5. The molecule has 3 rings (SSSR count). The highest BCUT2D eigenvalue weighted by Crippen LogP contribution is 2.24. The lowest BCUT2D eigenvalue weighted by Crippen LogP contribution is -2.30. The summed E-state index contributed by atoms with van der Waals surface area (Å²) in [5, 5.41) is 12.4. The molecule has 3 aromatic rings. The molecule has 0 radical (unpaired) electrons. The third-order valence-electron chi connectivity index (χ3n) is 5.76. The van der Waals surface area contributed by atoms with Crippen molar-refractivity contribution in [3.05, 3.63) is 100 Å². The zero-order chi connectivity index (χ0) is 24.5. The molecule has 3 aromatic carbocycles. The standard InChI is InChI=1S/C30H34N2O2/c1-5-8-25-14-13-24(20-34-27-12-7-10-23(17-27)19-31)18-28(25)30(33)32-29(15-21(2)3)26-11-6-9-22(4)16-26/h6-7,9-14,16-18,21,29H,5,8,15,20H2,1-4H3,(H,32,33). The number of benzene rings is 3. The lowest BCUT2D eigenvalue weighted by Gasteiger charge is -2.23. The minimum absolute atomic E-state index is 0.0458. The van der Waals surface area contributed by atoms with E-state index in [0.717, 1.165) is 36.0 Å². The van der Waals surface area contributed by atoms with Gasteiger partial charge in [-0.3, -0.25) is 4.79 Å². The summed E-state index contributed by atoms with van der Waals surface area (Å²) in [4.78, 5) is 13.5. The van der Waals surface area contributed by atoms with Gasteiger partial charge in [-0.1, -0.05) is 75.2 Å². The van der Waals surface area contributed by atoms with Gasteiger partial charge < -0.3 is 10.1 Å². The minimum atomic E-state index is -0.0519. The minimum Gasteiger partial charge on any atom is -0.489 e. The molecular weight excluding hydrogens is 420 g/mol. The van der Waals surface area contributed by atoms with E-state index >= 15 is 0 Å². The van der Waals surface area contributed by atoms with Crippen LogP contribution < -0.4 is 10.1 Å². The fourth-order valence-corrected chi connectivity index (χ4v) is 4.11. The fraction of sp³-hybridized carbons (Fsp3) is 0.333. The van der Waals surface area contributed by atoms with Crippen molar-refractivity contribution in [1.29, 1.82) is 5.26 Å². The molecule has 0 fully saturated rings. The molecule has 1 atom stereocenters. The van der Waals surface area contributed by atoms with E-state index in [1.54, 1.807) is 18.2 Å². The summed E-state index contributed by atoms with van der Waals surface area (Å²) < 4.78 is 5.90. The Morgan fingerprint density at radius 2 is 1.85 bits per heavy atom. The third-order valence-corrected chi connectivity index (χ3v) is 5.76. The summed E-state index contributed by atoms with van der Waals surface area (Å²) in [6, 6.07) is 23.5. The summed E-state index contributed by atoms with van der Waals surface area (Å²) >= 11 is 0. The molecule has 0 saturated heterocycles. The third kappa shape index (κ3) is 6.96. The Hall–Kier alpha value is -3.58. The first kappa shape index (κ1) is 25.1. The van der Waals surface area contributed by atoms with Crippen LogP contribution in [0.15, 0.2) is 66.7 Å². The molecule has 0 aromatic heterocycles. The van der Waals surface area contributed by atoms with Crippen LogP contribution in [0.2, 0.25) is 0 Å². The van der Waals surface area contributed by atoms with E-state index in [0.29, 0.717) is 29.4 Å². The Labute approximate surface area is 203 Å². The predicted octanol–water partition coefficient (Wildman–Crippen LogP) is 6.92. The molecule has 176 valence electrons. The molecule has 34 heavy (non-hydrogen) atoms. The lowest BCUT2D eigenvalue weighted by atomic mass is 9.94. The first-order valence-corrected chi connectivity index (χ1v) is 12.0. The van der Waals surface area contributed by atoms with E-state index in [4.69, 9.17) is 10.00 Å². The monoisotopic (exact) mass is 454 g/mol. The summed E-state index contributed by atoms with van der Waals surface area (Å²) in [7, 11) is 0. The number of aryl methyl sites for hydroxylation is 2. The Balaban J connectivity index is 1.83. The quantitative estimate of drug-likeness (QED) is 0.362. The lowest BCUT2D eigenvalue weighted by molar-refractivity contribution is 0.0930. The Kier molecular flexibility index (Phi) is 8.87. The number of carbonyl (C=O) groups is 1. The average Bonchev–Trinajstić information content (AvgIpc) is 2.83. The molecule has 0 heterocycles. The van der Waals surface area contributed by atoms with Crippen molar-refractivity contribution in [3.63, 3.8) is 0 Å². The SMILES string of the molecule is CCCc1ccc(COc2cccc(C#N)c2)cc1C(=O)NC(CC(C)C)c1cccc(C)c1. The second kappa shape index (κ2) is 12.0. The number of nitrogens with one attached hydrogen (secondary N) is 1. The number of hydrogen-bond donors (Lipinski definition) is 1. The molecular formula is C30H34N2O2. The largest absolute Gasteiger partial charge is 0.489 e. The van der Waals surface area contributed by atoms with Crippen LogP contribution in [0.1, 0.15) is 77.8 Å². The van der Waals surface area contributed by atoms with Crippen molar-refractivity contribution >= 4 is 5.91 Å². The first-order valence-electron chi connectivity index (χ1n) is 12.0. The Morgan fingerprint density at radius 3 is 2.56 bits per heavy atom. The Bertz CT molecular complexity index is 1160. The molecule has 0 bridgehead atoms. The van der Waals surface area contributed by atoms with Gasteiger partial charge in [-0.15, -0.1) is 0 Å². The molecule has 1 N–H and O–H groups in total. The second-order valence-corrected chi connectivity index (χ2v) is 9.24. The topological polar surface area (TPSA) is 62.1 Å². The normalized spacial score (nSPS) is 11.6. The molecule has 0 aliphatic carbocycles. The molecule has 0 aliphatic heterocycles. The van der Waals surface area contributed by atoms with Crippen molar-refractivity contribution in [2.75, 3.05) is 0 Å². The molecule has 0 aliphatic rings. The molecule has 1 amide bonds. The number of nitriles is 1. The van der Waals surface area contributed by atoms with Crippen LogP contribution in [0, 0.1) is 24.2 Å². The molecule has 1 unspecified atom stereocenters. The van der Waals surface area contributed by atoms with Crippen LogP contribution in [0.25, 0.3) is 0 Å². The van der Waals surface area contributed by atoms with Gasteiger partial charge in [0.05, 0.1) is 17.7 Å². The van der Waals surface area contributed by atoms with Crippen LogP contribution in [0.4, 0.5) is 0 Å². The van der Waals surface area contributed by atoms with E-state index in [-0.39, 0.29) is 11.9 Å². The molecule has 0 spiro atoms. The van der Waals surface area contributed by atoms with Gasteiger partial charge in [-0.25, -0.2) is 0 Å². The smallest absolute Gasteiger partial charge is 0.252 e. The van der Waals surface area contributed by atoms with E-state index in [1.165, 1.54) is 5.56 Å². The number of nitrogens with zero attached hydrogens (tertiary/aromatic N) is 1. The van der Waals surface area contributed by atoms with Crippen LogP contribution in [0.5, 0.6) is 5.75 Å².